The van der Waals surface area contributed by atoms with Gasteiger partial charge in [-0.15, -0.1) is 0 Å². The van der Waals surface area contributed by atoms with Gasteiger partial charge in [0.15, 0.2) is 6.61 Å². The van der Waals surface area contributed by atoms with Gasteiger partial charge in [-0.3, -0.25) is 24.3 Å². The molecule has 2 heterocycles. The molecule has 0 radical (unpaired) electrons. The lowest BCUT2D eigenvalue weighted by Gasteiger charge is -2.46. The number of hydrogen-bond donors (Lipinski definition) is 0. The number of halogens is 1. The van der Waals surface area contributed by atoms with E-state index in [1.54, 1.807) is 59.1 Å². The molecule has 2 amide bonds. The van der Waals surface area contributed by atoms with Gasteiger partial charge in [0, 0.05) is 36.1 Å². The highest BCUT2D eigenvalue weighted by Crippen LogP contribution is 2.41. The van der Waals surface area contributed by atoms with Gasteiger partial charge >= 0.3 is 5.97 Å². The number of rotatable bonds is 7. The summed E-state index contributed by atoms with van der Waals surface area (Å²) in [6.07, 6.45) is 3.77. The van der Waals surface area contributed by atoms with Crippen LogP contribution in [0, 0.1) is 5.82 Å². The van der Waals surface area contributed by atoms with Gasteiger partial charge < -0.3 is 14.4 Å². The molecule has 3 aromatic rings. The third-order valence-corrected chi connectivity index (χ3v) is 6.22. The van der Waals surface area contributed by atoms with Gasteiger partial charge in [-0.2, -0.15) is 0 Å². The van der Waals surface area contributed by atoms with E-state index >= 15 is 0 Å². The molecule has 4 rings (SSSR count). The van der Waals surface area contributed by atoms with E-state index in [2.05, 4.69) is 4.98 Å². The van der Waals surface area contributed by atoms with Crippen LogP contribution in [0.5, 0.6) is 5.75 Å². The van der Waals surface area contributed by atoms with Gasteiger partial charge in [-0.1, -0.05) is 12.1 Å². The molecule has 0 aliphatic carbocycles. The maximum absolute atomic E-state index is 14.3. The predicted octanol–water partition coefficient (Wildman–Crippen LogP) is 5.03. The molecule has 0 unspecified atom stereocenters. The molecule has 0 saturated heterocycles. The second kappa shape index (κ2) is 10.4. The summed E-state index contributed by atoms with van der Waals surface area (Å²) in [5, 5.41) is 1.68. The number of ether oxygens (including phenoxy) is 2. The van der Waals surface area contributed by atoms with Crippen molar-refractivity contribution >= 4 is 39.9 Å². The van der Waals surface area contributed by atoms with E-state index in [0.717, 1.165) is 10.8 Å². The molecule has 0 fully saturated rings. The number of anilines is 2. The molecular weight excluding hydrogens is 489 g/mol. The molecular formula is C29H32FN3O5. The first-order chi connectivity index (χ1) is 17.9. The number of esters is 1. The van der Waals surface area contributed by atoms with Crippen LogP contribution in [0.3, 0.4) is 0 Å². The Morgan fingerprint density at radius 2 is 1.84 bits per heavy atom. The molecule has 0 saturated carbocycles. The van der Waals surface area contributed by atoms with Crippen molar-refractivity contribution in [3.63, 3.8) is 0 Å². The fraction of sp³-hybridized carbons (Fsp3) is 0.379. The van der Waals surface area contributed by atoms with Crippen LogP contribution < -0.4 is 14.5 Å². The fourth-order valence-electron chi connectivity index (χ4n) is 4.60. The fourth-order valence-corrected chi connectivity index (χ4v) is 4.60. The third kappa shape index (κ3) is 5.61. The molecule has 200 valence electrons. The highest BCUT2D eigenvalue weighted by Gasteiger charge is 2.47. The lowest BCUT2D eigenvalue weighted by atomic mass is 9.94. The highest BCUT2D eigenvalue weighted by molar-refractivity contribution is 6.15. The van der Waals surface area contributed by atoms with E-state index in [1.165, 1.54) is 28.0 Å². The topological polar surface area (TPSA) is 89.0 Å². The highest BCUT2D eigenvalue weighted by atomic mass is 19.1. The lowest BCUT2D eigenvalue weighted by molar-refractivity contribution is -0.154. The summed E-state index contributed by atoms with van der Waals surface area (Å²) in [6, 6.07) is 11.2. The molecule has 1 aromatic heterocycles. The SMILES string of the molecule is CC(C)(C)OC(=O)CCCN1C(=O)C(C)(C)N(C(=O)COc2cccc3cnccc23)c2ccc(F)cc21. The minimum Gasteiger partial charge on any atom is -0.483 e. The first-order valence-corrected chi connectivity index (χ1v) is 12.5. The number of benzene rings is 2. The summed E-state index contributed by atoms with van der Waals surface area (Å²) in [4.78, 5) is 46.2. The Balaban J connectivity index is 1.56. The van der Waals surface area contributed by atoms with E-state index < -0.39 is 22.9 Å². The first kappa shape index (κ1) is 27.0. The van der Waals surface area contributed by atoms with Crippen LogP contribution in [-0.4, -0.2) is 47.1 Å². The van der Waals surface area contributed by atoms with Crippen LogP contribution >= 0.6 is 0 Å². The first-order valence-electron chi connectivity index (χ1n) is 12.5. The predicted molar refractivity (Wildman–Crippen MR) is 143 cm³/mol. The van der Waals surface area contributed by atoms with Crippen LogP contribution in [-0.2, 0) is 19.1 Å². The minimum absolute atomic E-state index is 0.100. The lowest BCUT2D eigenvalue weighted by Crippen LogP contribution is -2.63. The number of amides is 2. The largest absolute Gasteiger partial charge is 0.483 e. The van der Waals surface area contributed by atoms with Crippen molar-refractivity contribution in [3.8, 4) is 5.75 Å². The van der Waals surface area contributed by atoms with Crippen LogP contribution in [0.15, 0.2) is 54.9 Å². The van der Waals surface area contributed by atoms with Crippen molar-refractivity contribution in [2.75, 3.05) is 23.0 Å². The molecule has 0 N–H and O–H groups in total. The Bertz CT molecular complexity index is 1380. The van der Waals surface area contributed by atoms with E-state index in [4.69, 9.17) is 9.47 Å². The zero-order chi connectivity index (χ0) is 27.7. The van der Waals surface area contributed by atoms with Crippen molar-refractivity contribution in [2.24, 2.45) is 0 Å². The van der Waals surface area contributed by atoms with E-state index in [0.29, 0.717) is 17.9 Å². The summed E-state index contributed by atoms with van der Waals surface area (Å²) < 4.78 is 25.6. The van der Waals surface area contributed by atoms with Crippen molar-refractivity contribution in [1.82, 2.24) is 4.98 Å². The Labute approximate surface area is 221 Å². The number of aromatic nitrogens is 1. The molecule has 38 heavy (non-hydrogen) atoms. The number of fused-ring (bicyclic) bond motifs is 2. The van der Waals surface area contributed by atoms with Crippen LogP contribution in [0.1, 0.15) is 47.5 Å². The van der Waals surface area contributed by atoms with Crippen molar-refractivity contribution in [2.45, 2.75) is 58.6 Å². The molecule has 9 heteroatoms. The normalized spacial score (nSPS) is 14.8. The molecule has 1 aliphatic heterocycles. The molecule has 2 aromatic carbocycles. The molecule has 0 spiro atoms. The van der Waals surface area contributed by atoms with Crippen molar-refractivity contribution < 1.29 is 28.2 Å². The average Bonchev–Trinajstić information content (AvgIpc) is 2.84. The van der Waals surface area contributed by atoms with Gasteiger partial charge in [-0.05, 0) is 71.4 Å². The Kier molecular flexibility index (Phi) is 7.40. The summed E-state index contributed by atoms with van der Waals surface area (Å²) in [6.45, 7) is 8.48. The van der Waals surface area contributed by atoms with Gasteiger partial charge in [0.25, 0.3) is 11.8 Å². The zero-order valence-corrected chi connectivity index (χ0v) is 22.3. The Morgan fingerprint density at radius 1 is 1.08 bits per heavy atom. The summed E-state index contributed by atoms with van der Waals surface area (Å²) in [5.41, 5.74) is -1.23. The second-order valence-electron chi connectivity index (χ2n) is 10.7. The quantitative estimate of drug-likeness (QED) is 0.405. The van der Waals surface area contributed by atoms with E-state index in [9.17, 15) is 18.8 Å². The molecule has 0 bridgehead atoms. The summed E-state index contributed by atoms with van der Waals surface area (Å²) >= 11 is 0. The number of carbonyl (C=O) groups excluding carboxylic acids is 3. The Hall–Kier alpha value is -4.01. The number of carbonyl (C=O) groups is 3. The molecule has 1 aliphatic rings. The monoisotopic (exact) mass is 521 g/mol. The number of nitrogens with zero attached hydrogens (tertiary/aromatic N) is 3. The van der Waals surface area contributed by atoms with E-state index in [-0.39, 0.29) is 37.1 Å². The van der Waals surface area contributed by atoms with E-state index in [1.807, 2.05) is 12.1 Å². The smallest absolute Gasteiger partial charge is 0.306 e. The van der Waals surface area contributed by atoms with Gasteiger partial charge in [0.2, 0.25) is 0 Å². The minimum atomic E-state index is -1.28. The van der Waals surface area contributed by atoms with Crippen molar-refractivity contribution in [3.05, 3.63) is 60.7 Å². The van der Waals surface area contributed by atoms with Crippen LogP contribution in [0.2, 0.25) is 0 Å². The maximum atomic E-state index is 14.3. The van der Waals surface area contributed by atoms with Crippen LogP contribution in [0.4, 0.5) is 15.8 Å². The molecule has 8 nitrogen and oxygen atoms in total. The number of hydrogen-bond acceptors (Lipinski definition) is 6. The van der Waals surface area contributed by atoms with Crippen molar-refractivity contribution in [1.29, 1.82) is 0 Å². The summed E-state index contributed by atoms with van der Waals surface area (Å²) in [5.74, 6) is -1.23. The maximum Gasteiger partial charge on any atom is 0.306 e. The van der Waals surface area contributed by atoms with Crippen LogP contribution in [0.25, 0.3) is 10.8 Å². The summed E-state index contributed by atoms with van der Waals surface area (Å²) in [7, 11) is 0. The number of pyridine rings is 1. The second-order valence-corrected chi connectivity index (χ2v) is 10.7. The molecule has 0 atom stereocenters. The van der Waals surface area contributed by atoms with Gasteiger partial charge in [0.05, 0.1) is 11.4 Å². The van der Waals surface area contributed by atoms with Gasteiger partial charge in [-0.25, -0.2) is 4.39 Å². The standard InChI is InChI=1S/C29H32FN3O5/c1-28(2,3)38-26(35)10-7-15-32-23-16-20(30)11-12-22(23)33(29(4,5)27(32)36)25(34)18-37-24-9-6-8-19-17-31-14-13-21(19)24/h6,8-9,11-14,16-17H,7,10,15,18H2,1-5H3. The average molecular weight is 522 g/mol. The third-order valence-electron chi connectivity index (χ3n) is 6.22. The van der Waals surface area contributed by atoms with Gasteiger partial charge in [0.1, 0.15) is 22.7 Å². The Morgan fingerprint density at radius 3 is 2.58 bits per heavy atom. The zero-order valence-electron chi connectivity index (χ0n) is 22.3.